The van der Waals surface area contributed by atoms with Crippen LogP contribution in [0.5, 0.6) is 0 Å². The van der Waals surface area contributed by atoms with Gasteiger partial charge in [-0.25, -0.2) is 0 Å². The normalized spacial score (nSPS) is 29.6. The van der Waals surface area contributed by atoms with Crippen molar-refractivity contribution in [3.63, 3.8) is 0 Å². The molecule has 0 bridgehead atoms. The highest BCUT2D eigenvalue weighted by Crippen LogP contribution is 2.29. The minimum atomic E-state index is -0.160. The van der Waals surface area contributed by atoms with Gasteiger partial charge in [-0.05, 0) is 43.3 Å². The average molecular weight is 341 g/mol. The van der Waals surface area contributed by atoms with Crippen LogP contribution in [0.1, 0.15) is 24.8 Å². The Morgan fingerprint density at radius 2 is 1.76 bits per heavy atom. The summed E-state index contributed by atoms with van der Waals surface area (Å²) in [7, 11) is 0. The molecule has 2 amide bonds. The van der Waals surface area contributed by atoms with Gasteiger partial charge in [0, 0.05) is 32.6 Å². The highest BCUT2D eigenvalue weighted by molar-refractivity contribution is 5.89. The molecule has 1 aromatic carbocycles. The lowest BCUT2D eigenvalue weighted by Gasteiger charge is -2.24. The first-order chi connectivity index (χ1) is 12.2. The summed E-state index contributed by atoms with van der Waals surface area (Å²) in [6, 6.07) is 10.0. The van der Waals surface area contributed by atoms with Crippen LogP contribution in [0.2, 0.25) is 0 Å². The molecule has 5 nitrogen and oxygen atoms in total. The molecule has 25 heavy (non-hydrogen) atoms. The van der Waals surface area contributed by atoms with Crippen molar-refractivity contribution in [2.75, 3.05) is 32.7 Å². The lowest BCUT2D eigenvalue weighted by Crippen LogP contribution is -2.38. The molecule has 1 N–H and O–H groups in total. The average Bonchev–Trinajstić information content (AvgIpc) is 3.17. The molecular weight excluding hydrogens is 314 g/mol. The van der Waals surface area contributed by atoms with Crippen LogP contribution in [0.15, 0.2) is 30.3 Å². The third-order valence-corrected chi connectivity index (χ3v) is 6.11. The standard InChI is InChI=1S/C20H27N3O2/c24-19-10-18(14-23(19)13-15-4-2-1-3-5-15)20(25)22-8-6-16-11-21-12-17(16)7-9-22/h1-5,16-18,21H,6-14H2/t16-,17+,18?. The van der Waals surface area contributed by atoms with E-state index in [0.29, 0.717) is 19.5 Å². The molecule has 3 fully saturated rings. The van der Waals surface area contributed by atoms with E-state index in [-0.39, 0.29) is 17.7 Å². The molecule has 3 saturated heterocycles. The number of amides is 2. The molecule has 0 radical (unpaired) electrons. The van der Waals surface area contributed by atoms with E-state index in [4.69, 9.17) is 0 Å². The van der Waals surface area contributed by atoms with Gasteiger partial charge in [0.1, 0.15) is 0 Å². The highest BCUT2D eigenvalue weighted by Gasteiger charge is 2.38. The summed E-state index contributed by atoms with van der Waals surface area (Å²) in [6.45, 7) is 5.08. The number of carbonyl (C=O) groups is 2. The molecule has 134 valence electrons. The van der Waals surface area contributed by atoms with Gasteiger partial charge in [0.15, 0.2) is 0 Å². The van der Waals surface area contributed by atoms with Gasteiger partial charge in [0.05, 0.1) is 5.92 Å². The van der Waals surface area contributed by atoms with Crippen molar-refractivity contribution in [3.05, 3.63) is 35.9 Å². The Kier molecular flexibility index (Phi) is 4.75. The third kappa shape index (κ3) is 3.56. The van der Waals surface area contributed by atoms with Crippen molar-refractivity contribution in [3.8, 4) is 0 Å². The summed E-state index contributed by atoms with van der Waals surface area (Å²) in [5, 5.41) is 3.47. The van der Waals surface area contributed by atoms with Crippen molar-refractivity contribution in [1.82, 2.24) is 15.1 Å². The van der Waals surface area contributed by atoms with Crippen molar-refractivity contribution in [2.24, 2.45) is 17.8 Å². The molecule has 0 saturated carbocycles. The number of fused-ring (bicyclic) bond motifs is 1. The van der Waals surface area contributed by atoms with Crippen molar-refractivity contribution >= 4 is 11.8 Å². The van der Waals surface area contributed by atoms with E-state index < -0.39 is 0 Å². The lowest BCUT2D eigenvalue weighted by molar-refractivity contribution is -0.135. The van der Waals surface area contributed by atoms with Crippen LogP contribution in [0.3, 0.4) is 0 Å². The molecular formula is C20H27N3O2. The fraction of sp³-hybridized carbons (Fsp3) is 0.600. The second-order valence-electron chi connectivity index (χ2n) is 7.74. The van der Waals surface area contributed by atoms with Crippen LogP contribution in [0.25, 0.3) is 0 Å². The largest absolute Gasteiger partial charge is 0.342 e. The molecule has 0 spiro atoms. The van der Waals surface area contributed by atoms with E-state index in [0.717, 1.165) is 56.4 Å². The Morgan fingerprint density at radius 3 is 2.44 bits per heavy atom. The van der Waals surface area contributed by atoms with Gasteiger partial charge in [-0.2, -0.15) is 0 Å². The molecule has 1 aromatic rings. The number of nitrogens with zero attached hydrogens (tertiary/aromatic N) is 2. The molecule has 1 unspecified atom stereocenters. The quantitative estimate of drug-likeness (QED) is 0.906. The van der Waals surface area contributed by atoms with Crippen LogP contribution in [0, 0.1) is 17.8 Å². The molecule has 3 heterocycles. The summed E-state index contributed by atoms with van der Waals surface area (Å²) in [6.07, 6.45) is 2.56. The maximum Gasteiger partial charge on any atom is 0.227 e. The highest BCUT2D eigenvalue weighted by atomic mass is 16.2. The maximum absolute atomic E-state index is 12.9. The van der Waals surface area contributed by atoms with Crippen molar-refractivity contribution in [2.45, 2.75) is 25.8 Å². The van der Waals surface area contributed by atoms with E-state index in [1.807, 2.05) is 40.1 Å². The van der Waals surface area contributed by atoms with Gasteiger partial charge in [-0.3, -0.25) is 9.59 Å². The Morgan fingerprint density at radius 1 is 1.08 bits per heavy atom. The predicted octanol–water partition coefficient (Wildman–Crippen LogP) is 1.49. The van der Waals surface area contributed by atoms with Gasteiger partial charge < -0.3 is 15.1 Å². The molecule has 3 aliphatic rings. The summed E-state index contributed by atoms with van der Waals surface area (Å²) in [5.74, 6) is 1.58. The smallest absolute Gasteiger partial charge is 0.227 e. The van der Waals surface area contributed by atoms with Crippen LogP contribution in [0.4, 0.5) is 0 Å². The topological polar surface area (TPSA) is 52.7 Å². The zero-order valence-corrected chi connectivity index (χ0v) is 14.7. The number of nitrogens with one attached hydrogen (secondary N) is 1. The Hall–Kier alpha value is -1.88. The minimum Gasteiger partial charge on any atom is -0.342 e. The first-order valence-electron chi connectivity index (χ1n) is 9.52. The summed E-state index contributed by atoms with van der Waals surface area (Å²) < 4.78 is 0. The zero-order valence-electron chi connectivity index (χ0n) is 14.7. The van der Waals surface area contributed by atoms with E-state index in [1.165, 1.54) is 0 Å². The number of rotatable bonds is 3. The summed E-state index contributed by atoms with van der Waals surface area (Å²) in [4.78, 5) is 29.2. The molecule has 5 heteroatoms. The molecule has 4 rings (SSSR count). The monoisotopic (exact) mass is 341 g/mol. The number of likely N-dealkylation sites (tertiary alicyclic amines) is 2. The SMILES string of the molecule is O=C1CC(C(=O)N2CC[C@@H]3CNC[C@@H]3CC2)CN1Cc1ccccc1. The van der Waals surface area contributed by atoms with E-state index in [1.54, 1.807) is 0 Å². The number of hydrogen-bond acceptors (Lipinski definition) is 3. The first-order valence-corrected chi connectivity index (χ1v) is 9.52. The third-order valence-electron chi connectivity index (χ3n) is 6.11. The van der Waals surface area contributed by atoms with E-state index in [9.17, 15) is 9.59 Å². The van der Waals surface area contributed by atoms with E-state index in [2.05, 4.69) is 5.32 Å². The van der Waals surface area contributed by atoms with Crippen LogP contribution in [-0.2, 0) is 16.1 Å². The number of carbonyl (C=O) groups excluding carboxylic acids is 2. The second kappa shape index (κ2) is 7.16. The van der Waals surface area contributed by atoms with Crippen LogP contribution < -0.4 is 5.32 Å². The fourth-order valence-electron chi connectivity index (χ4n) is 4.59. The number of hydrogen-bond donors (Lipinski definition) is 1. The van der Waals surface area contributed by atoms with Gasteiger partial charge in [-0.15, -0.1) is 0 Å². The van der Waals surface area contributed by atoms with E-state index >= 15 is 0 Å². The van der Waals surface area contributed by atoms with Gasteiger partial charge in [0.2, 0.25) is 11.8 Å². The first kappa shape index (κ1) is 16.6. The van der Waals surface area contributed by atoms with Crippen LogP contribution >= 0.6 is 0 Å². The Balaban J connectivity index is 1.35. The van der Waals surface area contributed by atoms with Crippen LogP contribution in [-0.4, -0.2) is 54.3 Å². The Bertz CT molecular complexity index is 619. The summed E-state index contributed by atoms with van der Waals surface area (Å²) >= 11 is 0. The zero-order chi connectivity index (χ0) is 17.2. The van der Waals surface area contributed by atoms with Crippen molar-refractivity contribution < 1.29 is 9.59 Å². The minimum absolute atomic E-state index is 0.109. The molecule has 0 aromatic heterocycles. The molecule has 3 atom stereocenters. The van der Waals surface area contributed by atoms with Gasteiger partial charge in [0.25, 0.3) is 0 Å². The lowest BCUT2D eigenvalue weighted by atomic mass is 9.92. The van der Waals surface area contributed by atoms with Crippen molar-refractivity contribution in [1.29, 1.82) is 0 Å². The summed E-state index contributed by atoms with van der Waals surface area (Å²) in [5.41, 5.74) is 1.12. The Labute approximate surface area is 149 Å². The number of benzene rings is 1. The predicted molar refractivity (Wildman–Crippen MR) is 95.6 cm³/mol. The molecule has 3 aliphatic heterocycles. The fourth-order valence-corrected chi connectivity index (χ4v) is 4.59. The van der Waals surface area contributed by atoms with Gasteiger partial charge >= 0.3 is 0 Å². The molecule has 0 aliphatic carbocycles. The van der Waals surface area contributed by atoms with Gasteiger partial charge in [-0.1, -0.05) is 30.3 Å². The second-order valence-corrected chi connectivity index (χ2v) is 7.74. The maximum atomic E-state index is 12.9.